The van der Waals surface area contributed by atoms with Crippen molar-refractivity contribution in [3.8, 4) is 11.5 Å². The van der Waals surface area contributed by atoms with Crippen LogP contribution in [0.15, 0.2) is 50.9 Å². The third-order valence-electron chi connectivity index (χ3n) is 3.52. The van der Waals surface area contributed by atoms with Crippen LogP contribution in [0.5, 0.6) is 11.5 Å². The van der Waals surface area contributed by atoms with Crippen molar-refractivity contribution in [3.63, 3.8) is 0 Å². The first-order valence-electron chi connectivity index (χ1n) is 8.00. The number of oxazole rings is 1. The van der Waals surface area contributed by atoms with Crippen LogP contribution in [-0.2, 0) is 4.79 Å². The highest BCUT2D eigenvalue weighted by Gasteiger charge is 2.17. The molecular weight excluding hydrogens is 390 g/mol. The number of aromatic nitrogens is 1. The Morgan fingerprint density at radius 2 is 2.15 bits per heavy atom. The van der Waals surface area contributed by atoms with Gasteiger partial charge in [-0.1, -0.05) is 23.7 Å². The summed E-state index contributed by atoms with van der Waals surface area (Å²) in [5, 5.41) is 10.1. The van der Waals surface area contributed by atoms with Crippen molar-refractivity contribution >= 4 is 46.5 Å². The fraction of sp³-hybridized carbons (Fsp3) is 0.158. The standard InChI is InChI=1S/C19H16ClNO5S/c1-3-25-15-9-11(8-12(20)17(15)24-2)10-16(18(22)23)27-19-21-13-6-4-5-7-14(13)26-19/h4-10H,3H2,1-2H3,(H,22,23)/b16-10-. The van der Waals surface area contributed by atoms with Crippen LogP contribution in [-0.4, -0.2) is 29.8 Å². The summed E-state index contributed by atoms with van der Waals surface area (Å²) in [6, 6.07) is 10.5. The number of benzene rings is 2. The number of carboxylic acids is 1. The summed E-state index contributed by atoms with van der Waals surface area (Å²) >= 11 is 7.15. The highest BCUT2D eigenvalue weighted by molar-refractivity contribution is 8.03. The number of thioether (sulfide) groups is 1. The van der Waals surface area contributed by atoms with Gasteiger partial charge in [0.2, 0.25) is 0 Å². The summed E-state index contributed by atoms with van der Waals surface area (Å²) < 4.78 is 16.4. The number of nitrogens with zero attached hydrogens (tertiary/aromatic N) is 1. The molecule has 3 rings (SSSR count). The molecular formula is C19H16ClNO5S. The van der Waals surface area contributed by atoms with Crippen LogP contribution in [0.1, 0.15) is 12.5 Å². The van der Waals surface area contributed by atoms with Gasteiger partial charge in [-0.05, 0) is 54.6 Å². The maximum Gasteiger partial charge on any atom is 0.342 e. The maximum atomic E-state index is 11.7. The second-order valence-electron chi connectivity index (χ2n) is 5.33. The Morgan fingerprint density at radius 1 is 1.37 bits per heavy atom. The predicted octanol–water partition coefficient (Wildman–Crippen LogP) is 5.11. The first-order chi connectivity index (χ1) is 13.0. The van der Waals surface area contributed by atoms with Gasteiger partial charge in [0, 0.05) is 0 Å². The largest absolute Gasteiger partial charge is 0.491 e. The van der Waals surface area contributed by atoms with E-state index in [1.807, 2.05) is 19.1 Å². The van der Waals surface area contributed by atoms with Crippen LogP contribution >= 0.6 is 23.4 Å². The summed E-state index contributed by atoms with van der Waals surface area (Å²) in [5.41, 5.74) is 1.82. The second kappa shape index (κ2) is 8.37. The van der Waals surface area contributed by atoms with Crippen molar-refractivity contribution in [2.45, 2.75) is 12.1 Å². The average molecular weight is 406 g/mol. The van der Waals surface area contributed by atoms with Crippen LogP contribution < -0.4 is 9.47 Å². The van der Waals surface area contributed by atoms with Gasteiger partial charge in [-0.15, -0.1) is 0 Å². The van der Waals surface area contributed by atoms with Gasteiger partial charge in [-0.2, -0.15) is 0 Å². The molecule has 1 aromatic heterocycles. The highest BCUT2D eigenvalue weighted by Crippen LogP contribution is 2.38. The van der Waals surface area contributed by atoms with E-state index in [1.54, 1.807) is 24.3 Å². The lowest BCUT2D eigenvalue weighted by molar-refractivity contribution is -0.131. The number of carboxylic acid groups (broad SMARTS) is 1. The predicted molar refractivity (Wildman–Crippen MR) is 105 cm³/mol. The Bertz CT molecular complexity index is 982. The van der Waals surface area contributed by atoms with Crippen LogP contribution in [0.25, 0.3) is 17.2 Å². The summed E-state index contributed by atoms with van der Waals surface area (Å²) in [6.07, 6.45) is 1.48. The zero-order valence-corrected chi connectivity index (χ0v) is 16.1. The zero-order chi connectivity index (χ0) is 19.4. The number of hydrogen-bond donors (Lipinski definition) is 1. The van der Waals surface area contributed by atoms with Crippen molar-refractivity contribution in [1.29, 1.82) is 0 Å². The Kier molecular flexibility index (Phi) is 5.93. The number of carbonyl (C=O) groups is 1. The molecule has 0 atom stereocenters. The van der Waals surface area contributed by atoms with E-state index in [0.29, 0.717) is 39.8 Å². The maximum absolute atomic E-state index is 11.7. The molecule has 0 aliphatic heterocycles. The Hall–Kier alpha value is -2.64. The van der Waals surface area contributed by atoms with Crippen LogP contribution in [0.2, 0.25) is 5.02 Å². The van der Waals surface area contributed by atoms with Crippen LogP contribution in [0.4, 0.5) is 0 Å². The minimum atomic E-state index is -1.10. The number of fused-ring (bicyclic) bond motifs is 1. The molecule has 0 radical (unpaired) electrons. The lowest BCUT2D eigenvalue weighted by Gasteiger charge is -2.12. The molecule has 0 aliphatic rings. The molecule has 140 valence electrons. The average Bonchev–Trinajstić information content (AvgIpc) is 3.03. The lowest BCUT2D eigenvalue weighted by Crippen LogP contribution is -1.99. The molecule has 0 spiro atoms. The third-order valence-corrected chi connectivity index (χ3v) is 4.66. The van der Waals surface area contributed by atoms with E-state index in [9.17, 15) is 9.90 Å². The summed E-state index contributed by atoms with van der Waals surface area (Å²) in [7, 11) is 1.49. The summed E-state index contributed by atoms with van der Waals surface area (Å²) in [4.78, 5) is 16.0. The molecule has 0 aliphatic carbocycles. The van der Waals surface area contributed by atoms with Gasteiger partial charge in [-0.3, -0.25) is 0 Å². The minimum Gasteiger partial charge on any atom is -0.491 e. The number of methoxy groups -OCH3 is 1. The van der Waals surface area contributed by atoms with E-state index in [4.69, 9.17) is 25.5 Å². The van der Waals surface area contributed by atoms with Gasteiger partial charge in [0.1, 0.15) is 10.4 Å². The summed E-state index contributed by atoms with van der Waals surface area (Å²) in [6.45, 7) is 2.25. The molecule has 6 nitrogen and oxygen atoms in total. The number of ether oxygens (including phenoxy) is 2. The smallest absolute Gasteiger partial charge is 0.342 e. The number of hydrogen-bond acceptors (Lipinski definition) is 6. The van der Waals surface area contributed by atoms with Crippen molar-refractivity contribution in [2.24, 2.45) is 0 Å². The molecule has 8 heteroatoms. The van der Waals surface area contributed by atoms with E-state index < -0.39 is 5.97 Å². The van der Waals surface area contributed by atoms with Gasteiger partial charge in [0.25, 0.3) is 5.22 Å². The monoisotopic (exact) mass is 405 g/mol. The first kappa shape index (κ1) is 19.1. The summed E-state index contributed by atoms with van der Waals surface area (Å²) in [5.74, 6) is -0.262. The topological polar surface area (TPSA) is 81.8 Å². The van der Waals surface area contributed by atoms with E-state index >= 15 is 0 Å². The van der Waals surface area contributed by atoms with Gasteiger partial charge in [-0.25, -0.2) is 9.78 Å². The van der Waals surface area contributed by atoms with Gasteiger partial charge >= 0.3 is 5.97 Å². The molecule has 0 amide bonds. The van der Waals surface area contributed by atoms with Crippen LogP contribution in [0, 0.1) is 0 Å². The quantitative estimate of drug-likeness (QED) is 0.432. The SMILES string of the molecule is CCOc1cc(/C=C(\Sc2nc3ccccc3o2)C(=O)O)cc(Cl)c1OC. The van der Waals surface area contributed by atoms with Crippen LogP contribution in [0.3, 0.4) is 0 Å². The molecule has 0 unspecified atom stereocenters. The molecule has 1 heterocycles. The molecule has 0 fully saturated rings. The molecule has 2 aromatic carbocycles. The Balaban J connectivity index is 1.96. The van der Waals surface area contributed by atoms with Crippen molar-refractivity contribution < 1.29 is 23.8 Å². The van der Waals surface area contributed by atoms with E-state index in [0.717, 1.165) is 11.8 Å². The van der Waals surface area contributed by atoms with Crippen molar-refractivity contribution in [1.82, 2.24) is 4.98 Å². The van der Waals surface area contributed by atoms with E-state index in [-0.39, 0.29) is 10.1 Å². The second-order valence-corrected chi connectivity index (χ2v) is 6.73. The molecule has 0 saturated carbocycles. The number of rotatable bonds is 7. The first-order valence-corrected chi connectivity index (χ1v) is 9.20. The zero-order valence-electron chi connectivity index (χ0n) is 14.6. The van der Waals surface area contributed by atoms with Crippen molar-refractivity contribution in [2.75, 3.05) is 13.7 Å². The van der Waals surface area contributed by atoms with Gasteiger partial charge in [0.15, 0.2) is 17.1 Å². The Morgan fingerprint density at radius 3 is 2.81 bits per heavy atom. The van der Waals surface area contributed by atoms with Gasteiger partial charge < -0.3 is 19.0 Å². The lowest BCUT2D eigenvalue weighted by atomic mass is 10.2. The molecule has 0 bridgehead atoms. The van der Waals surface area contributed by atoms with Crippen molar-refractivity contribution in [3.05, 3.63) is 51.9 Å². The minimum absolute atomic E-state index is 0.0326. The number of aliphatic carboxylic acids is 1. The van der Waals surface area contributed by atoms with E-state index in [1.165, 1.54) is 13.2 Å². The fourth-order valence-electron chi connectivity index (χ4n) is 2.41. The molecule has 3 aromatic rings. The number of para-hydroxylation sites is 2. The van der Waals surface area contributed by atoms with Gasteiger partial charge in [0.05, 0.1) is 18.7 Å². The molecule has 0 saturated heterocycles. The third kappa shape index (κ3) is 4.37. The fourth-order valence-corrected chi connectivity index (χ4v) is 3.45. The normalized spacial score (nSPS) is 11.6. The Labute approximate surface area is 164 Å². The molecule has 1 N–H and O–H groups in total. The number of halogens is 1. The molecule has 27 heavy (non-hydrogen) atoms. The highest BCUT2D eigenvalue weighted by atomic mass is 35.5. The van der Waals surface area contributed by atoms with E-state index in [2.05, 4.69) is 4.98 Å².